The first kappa shape index (κ1) is 13.0. The fraction of sp³-hybridized carbons (Fsp3) is 1.00. The van der Waals surface area contributed by atoms with Crippen LogP contribution in [0, 0.1) is 11.8 Å². The minimum Gasteiger partial charge on any atom is -0.327 e. The highest BCUT2D eigenvalue weighted by molar-refractivity contribution is 7.90. The Balaban J connectivity index is 2.59. The first-order valence-electron chi connectivity index (χ1n) is 5.87. The summed E-state index contributed by atoms with van der Waals surface area (Å²) in [6, 6.07) is -0.162. The lowest BCUT2D eigenvalue weighted by atomic mass is 9.75. The molecule has 1 fully saturated rings. The molecule has 0 radical (unpaired) electrons. The molecule has 3 nitrogen and oxygen atoms in total. The van der Waals surface area contributed by atoms with Crippen molar-refractivity contribution in [3.05, 3.63) is 0 Å². The lowest BCUT2D eigenvalue weighted by Gasteiger charge is -2.34. The fourth-order valence-electron chi connectivity index (χ4n) is 2.78. The molecule has 0 amide bonds. The Kier molecular flexibility index (Phi) is 4.59. The zero-order valence-electron chi connectivity index (χ0n) is 9.78. The quantitative estimate of drug-likeness (QED) is 0.802. The van der Waals surface area contributed by atoms with Crippen LogP contribution in [-0.2, 0) is 9.84 Å². The van der Waals surface area contributed by atoms with Crippen molar-refractivity contribution < 1.29 is 8.42 Å². The molecule has 90 valence electrons. The summed E-state index contributed by atoms with van der Waals surface area (Å²) >= 11 is 0. The lowest BCUT2D eigenvalue weighted by Crippen LogP contribution is -2.41. The van der Waals surface area contributed by atoms with E-state index in [-0.39, 0.29) is 11.8 Å². The number of hydrogen-bond donors (Lipinski definition) is 1. The Labute approximate surface area is 93.3 Å². The molecule has 0 heterocycles. The van der Waals surface area contributed by atoms with Crippen molar-refractivity contribution in [2.75, 3.05) is 12.0 Å². The van der Waals surface area contributed by atoms with Crippen LogP contribution >= 0.6 is 0 Å². The summed E-state index contributed by atoms with van der Waals surface area (Å²) in [6.07, 6.45) is 7.21. The van der Waals surface area contributed by atoms with Crippen molar-refractivity contribution in [3.63, 3.8) is 0 Å². The van der Waals surface area contributed by atoms with Crippen molar-refractivity contribution in [1.29, 1.82) is 0 Å². The van der Waals surface area contributed by atoms with E-state index in [1.807, 2.05) is 0 Å². The maximum atomic E-state index is 11.2. The minimum absolute atomic E-state index is 0.147. The monoisotopic (exact) mass is 233 g/mol. The van der Waals surface area contributed by atoms with Gasteiger partial charge in [-0.3, -0.25) is 0 Å². The molecule has 3 unspecified atom stereocenters. The first-order chi connectivity index (χ1) is 6.94. The molecular formula is C11H23NO2S. The van der Waals surface area contributed by atoms with Crippen LogP contribution in [0.1, 0.15) is 39.0 Å². The molecule has 1 saturated carbocycles. The number of rotatable bonds is 4. The summed E-state index contributed by atoms with van der Waals surface area (Å²) in [6.45, 7) is 2.18. The second kappa shape index (κ2) is 5.30. The molecular weight excluding hydrogens is 210 g/mol. The Morgan fingerprint density at radius 1 is 1.33 bits per heavy atom. The van der Waals surface area contributed by atoms with Gasteiger partial charge in [0.1, 0.15) is 9.84 Å². The van der Waals surface area contributed by atoms with Gasteiger partial charge < -0.3 is 5.73 Å². The van der Waals surface area contributed by atoms with Crippen LogP contribution in [0.3, 0.4) is 0 Å². The van der Waals surface area contributed by atoms with Crippen molar-refractivity contribution in [2.45, 2.75) is 45.1 Å². The first-order valence-corrected chi connectivity index (χ1v) is 7.93. The summed E-state index contributed by atoms with van der Waals surface area (Å²) in [5.41, 5.74) is 6.02. The van der Waals surface area contributed by atoms with Gasteiger partial charge in [-0.25, -0.2) is 8.42 Å². The highest BCUT2D eigenvalue weighted by Gasteiger charge is 2.30. The third-order valence-electron chi connectivity index (χ3n) is 3.54. The number of nitrogens with two attached hydrogens (primary N) is 1. The molecule has 1 rings (SSSR count). The lowest BCUT2D eigenvalue weighted by molar-refractivity contribution is 0.204. The summed E-state index contributed by atoms with van der Waals surface area (Å²) < 4.78 is 22.4. The summed E-state index contributed by atoms with van der Waals surface area (Å²) in [7, 11) is -2.93. The standard InChI is InChI=1S/C11H23NO2S/c1-3-9-6-4-5-7-10(9)11(12)8-15(2,13)14/h9-11H,3-8,12H2,1-2H3. The molecule has 0 aromatic carbocycles. The van der Waals surface area contributed by atoms with Gasteiger partial charge in [-0.05, 0) is 18.3 Å². The van der Waals surface area contributed by atoms with Gasteiger partial charge in [0.2, 0.25) is 0 Å². The third kappa shape index (κ3) is 4.11. The van der Waals surface area contributed by atoms with E-state index < -0.39 is 9.84 Å². The Hall–Kier alpha value is -0.0900. The number of sulfone groups is 1. The van der Waals surface area contributed by atoms with Crippen molar-refractivity contribution in [3.8, 4) is 0 Å². The predicted octanol–water partition coefficient (Wildman–Crippen LogP) is 1.57. The van der Waals surface area contributed by atoms with E-state index in [1.54, 1.807) is 0 Å². The highest BCUT2D eigenvalue weighted by atomic mass is 32.2. The Morgan fingerprint density at radius 3 is 2.47 bits per heavy atom. The van der Waals surface area contributed by atoms with Crippen LogP contribution in [0.5, 0.6) is 0 Å². The van der Waals surface area contributed by atoms with E-state index in [1.165, 1.54) is 25.5 Å². The van der Waals surface area contributed by atoms with Gasteiger partial charge in [0.25, 0.3) is 0 Å². The third-order valence-corrected chi connectivity index (χ3v) is 4.53. The van der Waals surface area contributed by atoms with Gasteiger partial charge in [0.15, 0.2) is 0 Å². The second-order valence-corrected chi connectivity index (χ2v) is 7.06. The molecule has 0 aliphatic heterocycles. The van der Waals surface area contributed by atoms with Gasteiger partial charge in [-0.15, -0.1) is 0 Å². The molecule has 1 aliphatic rings. The normalized spacial score (nSPS) is 30.1. The fourth-order valence-corrected chi connectivity index (χ4v) is 3.73. The number of hydrogen-bond acceptors (Lipinski definition) is 3. The van der Waals surface area contributed by atoms with Crippen LogP contribution in [-0.4, -0.2) is 26.5 Å². The van der Waals surface area contributed by atoms with Crippen molar-refractivity contribution in [2.24, 2.45) is 17.6 Å². The topological polar surface area (TPSA) is 60.2 Å². The molecule has 15 heavy (non-hydrogen) atoms. The SMILES string of the molecule is CCC1CCCCC1C(N)CS(C)(=O)=O. The van der Waals surface area contributed by atoms with Crippen LogP contribution in [0.2, 0.25) is 0 Å². The summed E-state index contributed by atoms with van der Waals surface area (Å²) in [4.78, 5) is 0. The van der Waals surface area contributed by atoms with Crippen LogP contribution in [0.4, 0.5) is 0 Å². The molecule has 0 bridgehead atoms. The van der Waals surface area contributed by atoms with Gasteiger partial charge in [0, 0.05) is 12.3 Å². The van der Waals surface area contributed by atoms with Gasteiger partial charge in [0.05, 0.1) is 5.75 Å². The van der Waals surface area contributed by atoms with Crippen molar-refractivity contribution in [1.82, 2.24) is 0 Å². The maximum absolute atomic E-state index is 11.2. The summed E-state index contributed by atoms with van der Waals surface area (Å²) in [5.74, 6) is 1.20. The largest absolute Gasteiger partial charge is 0.327 e. The van der Waals surface area contributed by atoms with Crippen LogP contribution < -0.4 is 5.73 Å². The van der Waals surface area contributed by atoms with Crippen molar-refractivity contribution >= 4 is 9.84 Å². The maximum Gasteiger partial charge on any atom is 0.148 e. The van der Waals surface area contributed by atoms with Gasteiger partial charge in [-0.2, -0.15) is 0 Å². The molecule has 1 aliphatic carbocycles. The average molecular weight is 233 g/mol. The smallest absolute Gasteiger partial charge is 0.148 e. The average Bonchev–Trinajstić information content (AvgIpc) is 2.15. The zero-order chi connectivity index (χ0) is 11.5. The molecule has 0 saturated heterocycles. The molecule has 2 N–H and O–H groups in total. The Morgan fingerprint density at radius 2 is 1.93 bits per heavy atom. The highest BCUT2D eigenvalue weighted by Crippen LogP contribution is 2.34. The van der Waals surface area contributed by atoms with Crippen LogP contribution in [0.15, 0.2) is 0 Å². The van der Waals surface area contributed by atoms with E-state index in [4.69, 9.17) is 5.73 Å². The van der Waals surface area contributed by atoms with E-state index >= 15 is 0 Å². The molecule has 4 heteroatoms. The Bertz CT molecular complexity index is 287. The zero-order valence-corrected chi connectivity index (χ0v) is 10.6. The van der Waals surface area contributed by atoms with E-state index in [2.05, 4.69) is 6.92 Å². The molecule has 0 spiro atoms. The van der Waals surface area contributed by atoms with Gasteiger partial charge in [-0.1, -0.05) is 32.6 Å². The van der Waals surface area contributed by atoms with Crippen LogP contribution in [0.25, 0.3) is 0 Å². The van der Waals surface area contributed by atoms with Gasteiger partial charge >= 0.3 is 0 Å². The van der Waals surface area contributed by atoms with E-state index in [0.717, 1.165) is 12.8 Å². The van der Waals surface area contributed by atoms with E-state index in [9.17, 15) is 8.42 Å². The second-order valence-electron chi connectivity index (χ2n) is 4.87. The van der Waals surface area contributed by atoms with E-state index in [0.29, 0.717) is 11.8 Å². The molecule has 3 atom stereocenters. The molecule has 0 aromatic rings. The minimum atomic E-state index is -2.93. The predicted molar refractivity (Wildman–Crippen MR) is 63.4 cm³/mol. The molecule has 0 aromatic heterocycles. The summed E-state index contributed by atoms with van der Waals surface area (Å²) in [5, 5.41) is 0.